The fourth-order valence-electron chi connectivity index (χ4n) is 5.72. The lowest BCUT2D eigenvalue weighted by Gasteiger charge is -2.25. The van der Waals surface area contributed by atoms with Crippen LogP contribution in [0.15, 0.2) is 42.6 Å². The standard InChI is InChI=1S/C32H43N5O6/c1-39-29-21-25(22-30(40-2)31(29)41-3)32(38)43-26-10-5-19-42-27-9-4-8-24(20-27)28-23-37(34-33-28)15-7-14-35-12-6-13-36(16-11-26)18-17-35/h4,8-9,20-23,26H,5-7,10-19H2,1-3H3. The SMILES string of the molecule is COc1cc(C(=O)OC2CCCOc3cccc(c3)-c3cn(nn3)CCCN3CCCN(CC2)CC3)cc(OC)c1OC. The van der Waals surface area contributed by atoms with E-state index in [9.17, 15) is 4.79 Å². The Morgan fingerprint density at radius 1 is 0.837 bits per heavy atom. The molecule has 232 valence electrons. The van der Waals surface area contributed by atoms with Crippen molar-refractivity contribution in [2.75, 3.05) is 67.2 Å². The van der Waals surface area contributed by atoms with Gasteiger partial charge in [-0.05, 0) is 76.0 Å². The molecule has 2 aliphatic rings. The Labute approximate surface area is 253 Å². The largest absolute Gasteiger partial charge is 0.494 e. The lowest BCUT2D eigenvalue weighted by molar-refractivity contribution is 0.0221. The van der Waals surface area contributed by atoms with Gasteiger partial charge in [0.15, 0.2) is 11.5 Å². The number of ether oxygens (including phenoxy) is 5. The quantitative estimate of drug-likeness (QED) is 0.401. The molecule has 2 aliphatic heterocycles. The van der Waals surface area contributed by atoms with Gasteiger partial charge >= 0.3 is 5.97 Å². The average molecular weight is 594 g/mol. The van der Waals surface area contributed by atoms with Gasteiger partial charge in [-0.3, -0.25) is 4.68 Å². The van der Waals surface area contributed by atoms with Gasteiger partial charge in [0.2, 0.25) is 5.75 Å². The van der Waals surface area contributed by atoms with Crippen LogP contribution in [0.3, 0.4) is 0 Å². The fraction of sp³-hybridized carbons (Fsp3) is 0.531. The van der Waals surface area contributed by atoms with Crippen molar-refractivity contribution in [1.82, 2.24) is 24.8 Å². The molecule has 3 unspecified atom stereocenters. The number of nitrogens with zero attached hydrogens (tertiary/aromatic N) is 5. The summed E-state index contributed by atoms with van der Waals surface area (Å²) >= 11 is 0. The summed E-state index contributed by atoms with van der Waals surface area (Å²) in [5.41, 5.74) is 2.17. The van der Waals surface area contributed by atoms with Gasteiger partial charge in [-0.2, -0.15) is 0 Å². The van der Waals surface area contributed by atoms with Crippen molar-refractivity contribution >= 4 is 5.97 Å². The van der Waals surface area contributed by atoms with Crippen LogP contribution in [0.2, 0.25) is 0 Å². The number of hydrogen-bond donors (Lipinski definition) is 0. The molecule has 2 aromatic carbocycles. The lowest BCUT2D eigenvalue weighted by Crippen LogP contribution is -2.34. The Kier molecular flexibility index (Phi) is 10.7. The summed E-state index contributed by atoms with van der Waals surface area (Å²) in [6, 6.07) is 11.2. The topological polar surface area (TPSA) is 100 Å². The van der Waals surface area contributed by atoms with E-state index in [1.165, 1.54) is 21.3 Å². The molecule has 0 N–H and O–H groups in total. The molecule has 1 aromatic heterocycles. The van der Waals surface area contributed by atoms with Crippen LogP contribution in [-0.2, 0) is 11.3 Å². The highest BCUT2D eigenvalue weighted by atomic mass is 16.5. The zero-order chi connectivity index (χ0) is 30.0. The first-order valence-electron chi connectivity index (χ1n) is 15.2. The van der Waals surface area contributed by atoms with Crippen molar-refractivity contribution in [2.45, 2.75) is 44.8 Å². The summed E-state index contributed by atoms with van der Waals surface area (Å²) in [5, 5.41) is 8.75. The molecule has 0 radical (unpaired) electrons. The van der Waals surface area contributed by atoms with Crippen molar-refractivity contribution < 1.29 is 28.5 Å². The number of hydrogen-bond acceptors (Lipinski definition) is 10. The number of carbonyl (C=O) groups is 1. The molecule has 43 heavy (non-hydrogen) atoms. The molecule has 3 heterocycles. The van der Waals surface area contributed by atoms with Gasteiger partial charge in [0.1, 0.15) is 17.5 Å². The van der Waals surface area contributed by atoms with Gasteiger partial charge in [0.25, 0.3) is 0 Å². The molecule has 1 fully saturated rings. The van der Waals surface area contributed by atoms with Gasteiger partial charge in [-0.25, -0.2) is 4.79 Å². The predicted octanol–water partition coefficient (Wildman–Crippen LogP) is 4.16. The Morgan fingerprint density at radius 3 is 2.28 bits per heavy atom. The van der Waals surface area contributed by atoms with Crippen molar-refractivity contribution in [3.05, 3.63) is 48.2 Å². The second-order valence-corrected chi connectivity index (χ2v) is 11.0. The minimum Gasteiger partial charge on any atom is -0.494 e. The van der Waals surface area contributed by atoms with Crippen LogP contribution in [0.5, 0.6) is 23.0 Å². The van der Waals surface area contributed by atoms with Crippen molar-refractivity contribution in [3.63, 3.8) is 0 Å². The molecule has 3 aromatic rings. The van der Waals surface area contributed by atoms with Crippen LogP contribution in [0.4, 0.5) is 0 Å². The fourth-order valence-corrected chi connectivity index (χ4v) is 5.72. The molecular weight excluding hydrogens is 550 g/mol. The van der Waals surface area contributed by atoms with Gasteiger partial charge in [0, 0.05) is 31.7 Å². The Balaban J connectivity index is 1.31. The number of carbonyl (C=O) groups excluding carboxylic acids is 1. The van der Waals surface area contributed by atoms with Crippen molar-refractivity contribution in [1.29, 1.82) is 0 Å². The van der Waals surface area contributed by atoms with Crippen LogP contribution in [-0.4, -0.2) is 104 Å². The second-order valence-electron chi connectivity index (χ2n) is 11.0. The number of methoxy groups -OCH3 is 3. The normalized spacial score (nSPS) is 21.6. The summed E-state index contributed by atoms with van der Waals surface area (Å²) in [6.45, 7) is 7.39. The molecule has 1 saturated heterocycles. The third-order valence-corrected chi connectivity index (χ3v) is 8.09. The maximum absolute atomic E-state index is 13.4. The monoisotopic (exact) mass is 593 g/mol. The predicted molar refractivity (Wildman–Crippen MR) is 162 cm³/mol. The Morgan fingerprint density at radius 2 is 1.56 bits per heavy atom. The van der Waals surface area contributed by atoms with Gasteiger partial charge in [0.05, 0.1) is 39.7 Å². The molecule has 0 aliphatic carbocycles. The first-order chi connectivity index (χ1) is 21.1. The number of rotatable bonds is 5. The first kappa shape index (κ1) is 30.6. The zero-order valence-corrected chi connectivity index (χ0v) is 25.5. The molecule has 5 rings (SSSR count). The molecule has 3 atom stereocenters. The summed E-state index contributed by atoms with van der Waals surface area (Å²) in [5.74, 6) is 1.63. The molecule has 0 saturated carbocycles. The molecular formula is C32H43N5O6. The summed E-state index contributed by atoms with van der Waals surface area (Å²) in [6.07, 6.45) is 6.05. The third kappa shape index (κ3) is 8.17. The van der Waals surface area contributed by atoms with E-state index in [1.807, 2.05) is 35.1 Å². The van der Waals surface area contributed by atoms with Crippen LogP contribution in [0.1, 0.15) is 42.5 Å². The van der Waals surface area contributed by atoms with Gasteiger partial charge in [-0.15, -0.1) is 5.10 Å². The summed E-state index contributed by atoms with van der Waals surface area (Å²) in [4.78, 5) is 18.4. The van der Waals surface area contributed by atoms with E-state index in [0.29, 0.717) is 35.8 Å². The van der Waals surface area contributed by atoms with Gasteiger partial charge in [-0.1, -0.05) is 17.3 Å². The van der Waals surface area contributed by atoms with Crippen LogP contribution >= 0.6 is 0 Å². The van der Waals surface area contributed by atoms with E-state index in [-0.39, 0.29) is 6.10 Å². The van der Waals surface area contributed by atoms with E-state index >= 15 is 0 Å². The van der Waals surface area contributed by atoms with Crippen LogP contribution in [0.25, 0.3) is 11.3 Å². The number of fused-ring (bicyclic) bond motifs is 8. The minimum atomic E-state index is -0.414. The zero-order valence-electron chi connectivity index (χ0n) is 25.5. The number of benzene rings is 2. The lowest BCUT2D eigenvalue weighted by atomic mass is 10.1. The Bertz CT molecular complexity index is 1320. The smallest absolute Gasteiger partial charge is 0.338 e. The van der Waals surface area contributed by atoms with E-state index in [1.54, 1.807) is 12.1 Å². The molecule has 11 heteroatoms. The molecule has 0 amide bonds. The van der Waals surface area contributed by atoms with Crippen LogP contribution in [0, 0.1) is 0 Å². The number of esters is 1. The third-order valence-electron chi connectivity index (χ3n) is 8.09. The first-order valence-corrected chi connectivity index (χ1v) is 15.2. The van der Waals surface area contributed by atoms with E-state index in [4.69, 9.17) is 23.7 Å². The summed E-state index contributed by atoms with van der Waals surface area (Å²) < 4.78 is 30.5. The van der Waals surface area contributed by atoms with E-state index in [0.717, 1.165) is 88.5 Å². The van der Waals surface area contributed by atoms with Gasteiger partial charge < -0.3 is 33.5 Å². The molecule has 6 bridgehead atoms. The summed E-state index contributed by atoms with van der Waals surface area (Å²) in [7, 11) is 4.60. The highest BCUT2D eigenvalue weighted by Crippen LogP contribution is 2.38. The molecule has 0 spiro atoms. The van der Waals surface area contributed by atoms with E-state index < -0.39 is 5.97 Å². The maximum atomic E-state index is 13.4. The molecule has 11 nitrogen and oxygen atoms in total. The highest BCUT2D eigenvalue weighted by molar-refractivity contribution is 5.91. The minimum absolute atomic E-state index is 0.262. The maximum Gasteiger partial charge on any atom is 0.338 e. The average Bonchev–Trinajstić information content (AvgIpc) is 3.39. The number of aromatic nitrogens is 3. The second kappa shape index (κ2) is 15.1. The Hall–Kier alpha value is -3.83. The van der Waals surface area contributed by atoms with Crippen molar-refractivity contribution in [2.24, 2.45) is 0 Å². The van der Waals surface area contributed by atoms with Crippen LogP contribution < -0.4 is 18.9 Å². The highest BCUT2D eigenvalue weighted by Gasteiger charge is 2.23. The number of aryl methyl sites for hydroxylation is 1. The van der Waals surface area contributed by atoms with E-state index in [2.05, 4.69) is 20.1 Å². The van der Waals surface area contributed by atoms with Crippen molar-refractivity contribution in [3.8, 4) is 34.3 Å².